The zero-order valence-corrected chi connectivity index (χ0v) is 14.2. The van der Waals surface area contributed by atoms with E-state index in [1.165, 1.54) is 18.9 Å². The van der Waals surface area contributed by atoms with Crippen molar-refractivity contribution in [3.8, 4) is 0 Å². The van der Waals surface area contributed by atoms with Crippen LogP contribution >= 0.6 is 27.5 Å². The number of alkyl halides is 1. The SMILES string of the molecule is COCCC1(Cn2c(CCl)nc3cc(F)c(Br)cc32)CC1. The first-order valence-electron chi connectivity index (χ1n) is 6.98. The van der Waals surface area contributed by atoms with Crippen LogP contribution in [-0.2, 0) is 17.2 Å². The second-order valence-electron chi connectivity index (χ2n) is 5.75. The molecule has 1 aromatic carbocycles. The van der Waals surface area contributed by atoms with Gasteiger partial charge < -0.3 is 9.30 Å². The molecule has 3 rings (SSSR count). The van der Waals surface area contributed by atoms with Gasteiger partial charge in [0, 0.05) is 26.3 Å². The van der Waals surface area contributed by atoms with Crippen molar-refractivity contribution < 1.29 is 9.13 Å². The highest BCUT2D eigenvalue weighted by Gasteiger charge is 2.43. The van der Waals surface area contributed by atoms with Gasteiger partial charge in [-0.3, -0.25) is 0 Å². The van der Waals surface area contributed by atoms with Crippen LogP contribution in [0.15, 0.2) is 16.6 Å². The predicted octanol–water partition coefficient (Wildman–Crippen LogP) is 4.49. The minimum absolute atomic E-state index is 0.283. The summed E-state index contributed by atoms with van der Waals surface area (Å²) < 4.78 is 21.5. The molecule has 0 saturated heterocycles. The lowest BCUT2D eigenvalue weighted by atomic mass is 10.0. The number of halogens is 3. The predicted molar refractivity (Wildman–Crippen MR) is 85.1 cm³/mol. The zero-order chi connectivity index (χ0) is 15.0. The smallest absolute Gasteiger partial charge is 0.139 e. The number of rotatable bonds is 6. The Balaban J connectivity index is 1.98. The normalized spacial score (nSPS) is 16.6. The van der Waals surface area contributed by atoms with E-state index in [2.05, 4.69) is 25.5 Å². The van der Waals surface area contributed by atoms with E-state index in [4.69, 9.17) is 16.3 Å². The Labute approximate surface area is 136 Å². The molecule has 21 heavy (non-hydrogen) atoms. The third-order valence-corrected chi connectivity index (χ3v) is 5.12. The van der Waals surface area contributed by atoms with E-state index in [1.807, 2.05) is 0 Å². The summed E-state index contributed by atoms with van der Waals surface area (Å²) in [6.07, 6.45) is 3.42. The van der Waals surface area contributed by atoms with Gasteiger partial charge in [0.2, 0.25) is 0 Å². The maximum absolute atomic E-state index is 13.7. The Bertz CT molecular complexity index is 669. The Hall–Kier alpha value is -0.650. The summed E-state index contributed by atoms with van der Waals surface area (Å²) in [6, 6.07) is 3.25. The monoisotopic (exact) mass is 374 g/mol. The number of aromatic nitrogens is 2. The van der Waals surface area contributed by atoms with Crippen molar-refractivity contribution in [1.29, 1.82) is 0 Å². The van der Waals surface area contributed by atoms with Crippen molar-refractivity contribution in [2.45, 2.75) is 31.7 Å². The van der Waals surface area contributed by atoms with Crippen LogP contribution in [0.2, 0.25) is 0 Å². The summed E-state index contributed by atoms with van der Waals surface area (Å²) in [5, 5.41) is 0. The van der Waals surface area contributed by atoms with Gasteiger partial charge in [-0.2, -0.15) is 0 Å². The van der Waals surface area contributed by atoms with Gasteiger partial charge in [0.15, 0.2) is 0 Å². The Kier molecular flexibility index (Phi) is 4.26. The first kappa shape index (κ1) is 15.3. The quantitative estimate of drug-likeness (QED) is 0.695. The number of ether oxygens (including phenoxy) is 1. The molecule has 6 heteroatoms. The molecule has 1 fully saturated rings. The highest BCUT2D eigenvalue weighted by Crippen LogP contribution is 2.50. The molecule has 0 bridgehead atoms. The molecule has 0 unspecified atom stereocenters. The number of fused-ring (bicyclic) bond motifs is 1. The highest BCUT2D eigenvalue weighted by atomic mass is 79.9. The summed E-state index contributed by atoms with van der Waals surface area (Å²) in [5.74, 6) is 0.829. The summed E-state index contributed by atoms with van der Waals surface area (Å²) in [5.41, 5.74) is 1.88. The number of methoxy groups -OCH3 is 1. The summed E-state index contributed by atoms with van der Waals surface area (Å²) >= 11 is 9.27. The lowest BCUT2D eigenvalue weighted by Crippen LogP contribution is -2.15. The molecule has 0 radical (unpaired) electrons. The van der Waals surface area contributed by atoms with E-state index in [-0.39, 0.29) is 11.2 Å². The fraction of sp³-hybridized carbons (Fsp3) is 0.533. The lowest BCUT2D eigenvalue weighted by molar-refractivity contribution is 0.167. The highest BCUT2D eigenvalue weighted by molar-refractivity contribution is 9.10. The number of benzene rings is 1. The molecule has 114 valence electrons. The van der Waals surface area contributed by atoms with Crippen molar-refractivity contribution in [3.63, 3.8) is 0 Å². The lowest BCUT2D eigenvalue weighted by Gasteiger charge is -2.17. The molecular formula is C15H17BrClFN2O. The second-order valence-corrected chi connectivity index (χ2v) is 6.87. The largest absolute Gasteiger partial charge is 0.385 e. The summed E-state index contributed by atoms with van der Waals surface area (Å²) in [6.45, 7) is 1.63. The van der Waals surface area contributed by atoms with Gasteiger partial charge >= 0.3 is 0 Å². The molecule has 0 N–H and O–H groups in total. The summed E-state index contributed by atoms with van der Waals surface area (Å²) in [4.78, 5) is 4.46. The minimum Gasteiger partial charge on any atom is -0.385 e. The average molecular weight is 376 g/mol. The van der Waals surface area contributed by atoms with Crippen LogP contribution in [0.4, 0.5) is 4.39 Å². The Morgan fingerprint density at radius 1 is 1.48 bits per heavy atom. The van der Waals surface area contributed by atoms with E-state index >= 15 is 0 Å². The summed E-state index contributed by atoms with van der Waals surface area (Å²) in [7, 11) is 1.73. The van der Waals surface area contributed by atoms with Crippen LogP contribution < -0.4 is 0 Å². The zero-order valence-electron chi connectivity index (χ0n) is 11.8. The van der Waals surface area contributed by atoms with Crippen LogP contribution in [0.1, 0.15) is 25.1 Å². The first-order chi connectivity index (χ1) is 10.1. The van der Waals surface area contributed by atoms with Crippen LogP contribution in [0.3, 0.4) is 0 Å². The van der Waals surface area contributed by atoms with Crippen molar-refractivity contribution >= 4 is 38.6 Å². The van der Waals surface area contributed by atoms with E-state index in [9.17, 15) is 4.39 Å². The van der Waals surface area contributed by atoms with E-state index in [0.717, 1.165) is 30.9 Å². The third kappa shape index (κ3) is 2.96. The number of hydrogen-bond donors (Lipinski definition) is 0. The van der Waals surface area contributed by atoms with Gasteiger partial charge in [0.25, 0.3) is 0 Å². The van der Waals surface area contributed by atoms with Gasteiger partial charge in [-0.15, -0.1) is 11.6 Å². The van der Waals surface area contributed by atoms with Crippen molar-refractivity contribution in [2.24, 2.45) is 5.41 Å². The van der Waals surface area contributed by atoms with E-state index in [0.29, 0.717) is 15.9 Å². The number of nitrogens with zero attached hydrogens (tertiary/aromatic N) is 2. The molecule has 3 nitrogen and oxygen atoms in total. The van der Waals surface area contributed by atoms with Gasteiger partial charge in [0.1, 0.15) is 11.6 Å². The molecule has 0 aliphatic heterocycles. The molecule has 0 atom stereocenters. The molecule has 1 heterocycles. The number of hydrogen-bond acceptors (Lipinski definition) is 2. The van der Waals surface area contributed by atoms with Crippen molar-refractivity contribution in [2.75, 3.05) is 13.7 Å². The van der Waals surface area contributed by atoms with E-state index in [1.54, 1.807) is 13.2 Å². The van der Waals surface area contributed by atoms with Gasteiger partial charge in [-0.25, -0.2) is 9.37 Å². The van der Waals surface area contributed by atoms with Crippen LogP contribution in [0, 0.1) is 11.2 Å². The molecule has 1 aromatic heterocycles. The van der Waals surface area contributed by atoms with Gasteiger partial charge in [0.05, 0.1) is 21.4 Å². The standard InChI is InChI=1S/C15H17BrClFN2O/c1-21-5-4-15(2-3-15)9-20-13-6-10(16)11(18)7-12(13)19-14(20)8-17/h6-7H,2-5,8-9H2,1H3. The number of imidazole rings is 1. The minimum atomic E-state index is -0.297. The Morgan fingerprint density at radius 3 is 2.86 bits per heavy atom. The third-order valence-electron chi connectivity index (χ3n) is 4.28. The second kappa shape index (κ2) is 5.86. The Morgan fingerprint density at radius 2 is 2.24 bits per heavy atom. The average Bonchev–Trinajstić information content (AvgIpc) is 3.16. The maximum atomic E-state index is 13.7. The van der Waals surface area contributed by atoms with Gasteiger partial charge in [-0.05, 0) is 46.7 Å². The molecule has 1 saturated carbocycles. The fourth-order valence-corrected chi connectivity index (χ4v) is 3.30. The maximum Gasteiger partial charge on any atom is 0.139 e. The topological polar surface area (TPSA) is 27.1 Å². The van der Waals surface area contributed by atoms with Gasteiger partial charge in [-0.1, -0.05) is 0 Å². The molecule has 1 aliphatic carbocycles. The molecule has 0 spiro atoms. The molecular weight excluding hydrogens is 359 g/mol. The fourth-order valence-electron chi connectivity index (χ4n) is 2.77. The molecule has 2 aromatic rings. The first-order valence-corrected chi connectivity index (χ1v) is 8.30. The van der Waals surface area contributed by atoms with Crippen LogP contribution in [-0.4, -0.2) is 23.3 Å². The molecule has 0 amide bonds. The van der Waals surface area contributed by atoms with Crippen molar-refractivity contribution in [3.05, 3.63) is 28.2 Å². The molecule has 1 aliphatic rings. The van der Waals surface area contributed by atoms with E-state index < -0.39 is 0 Å². The van der Waals surface area contributed by atoms with Crippen molar-refractivity contribution in [1.82, 2.24) is 9.55 Å². The van der Waals surface area contributed by atoms with Crippen LogP contribution in [0.25, 0.3) is 11.0 Å². The van der Waals surface area contributed by atoms with Crippen LogP contribution in [0.5, 0.6) is 0 Å².